The second-order valence-electron chi connectivity index (χ2n) is 8.01. The van der Waals surface area contributed by atoms with Crippen molar-refractivity contribution in [2.75, 3.05) is 19.6 Å². The van der Waals surface area contributed by atoms with Crippen molar-refractivity contribution in [2.45, 2.75) is 18.9 Å². The molecule has 5 rings (SSSR count). The predicted octanol–water partition coefficient (Wildman–Crippen LogP) is 2.56. The van der Waals surface area contributed by atoms with E-state index in [9.17, 15) is 14.0 Å². The number of fused-ring (bicyclic) bond motifs is 2. The van der Waals surface area contributed by atoms with Gasteiger partial charge >= 0.3 is 5.69 Å². The van der Waals surface area contributed by atoms with Gasteiger partial charge in [-0.25, -0.2) is 9.18 Å². The first-order valence-corrected chi connectivity index (χ1v) is 9.80. The highest BCUT2D eigenvalue weighted by Gasteiger charge is 2.47. The zero-order valence-electron chi connectivity index (χ0n) is 15.5. The fourth-order valence-corrected chi connectivity index (χ4v) is 4.95. The Bertz CT molecular complexity index is 1150. The van der Waals surface area contributed by atoms with Gasteiger partial charge in [-0.2, -0.15) is 0 Å². The van der Waals surface area contributed by atoms with Gasteiger partial charge in [-0.05, 0) is 54.0 Å². The van der Waals surface area contributed by atoms with Crippen LogP contribution in [-0.4, -0.2) is 34.1 Å². The summed E-state index contributed by atoms with van der Waals surface area (Å²) in [6.45, 7) is 2.97. The van der Waals surface area contributed by atoms with Gasteiger partial charge in [-0.15, -0.1) is 0 Å². The molecule has 2 aliphatic rings. The smallest absolute Gasteiger partial charge is 0.307 e. The summed E-state index contributed by atoms with van der Waals surface area (Å²) < 4.78 is 14.8. The van der Waals surface area contributed by atoms with Crippen LogP contribution >= 0.6 is 0 Å². The SMILES string of the molecule is O=c1[nH]c2ccccc2c(=O)n1CCN1CC2CC(c3cccc(F)c3)C2C1. The first-order valence-electron chi connectivity index (χ1n) is 9.80. The van der Waals surface area contributed by atoms with Gasteiger partial charge in [0.2, 0.25) is 0 Å². The highest BCUT2D eigenvalue weighted by atomic mass is 19.1. The molecular weight excluding hydrogens is 357 g/mol. The number of para-hydroxylation sites is 1. The minimum atomic E-state index is -0.358. The maximum Gasteiger partial charge on any atom is 0.328 e. The molecule has 2 heterocycles. The van der Waals surface area contributed by atoms with Crippen LogP contribution in [0.15, 0.2) is 58.1 Å². The van der Waals surface area contributed by atoms with E-state index in [1.807, 2.05) is 6.07 Å². The molecule has 0 radical (unpaired) electrons. The van der Waals surface area contributed by atoms with Crippen LogP contribution in [0.25, 0.3) is 10.9 Å². The van der Waals surface area contributed by atoms with Crippen LogP contribution in [0.2, 0.25) is 0 Å². The Morgan fingerprint density at radius 1 is 1.04 bits per heavy atom. The molecule has 5 nitrogen and oxygen atoms in total. The quantitative estimate of drug-likeness (QED) is 0.758. The number of hydrogen-bond acceptors (Lipinski definition) is 3. The summed E-state index contributed by atoms with van der Waals surface area (Å²) in [6.07, 6.45) is 1.08. The van der Waals surface area contributed by atoms with Gasteiger partial charge in [0.1, 0.15) is 5.82 Å². The van der Waals surface area contributed by atoms with E-state index in [4.69, 9.17) is 0 Å². The van der Waals surface area contributed by atoms with E-state index < -0.39 is 0 Å². The van der Waals surface area contributed by atoms with E-state index in [2.05, 4.69) is 9.88 Å². The molecule has 1 saturated heterocycles. The number of benzene rings is 2. The molecule has 3 unspecified atom stereocenters. The number of nitrogens with one attached hydrogen (secondary N) is 1. The summed E-state index contributed by atoms with van der Waals surface area (Å²) in [5.74, 6) is 1.40. The van der Waals surface area contributed by atoms with Crippen molar-refractivity contribution in [3.63, 3.8) is 0 Å². The van der Waals surface area contributed by atoms with Crippen LogP contribution in [0.4, 0.5) is 4.39 Å². The maximum absolute atomic E-state index is 13.5. The normalized spacial score (nSPS) is 24.2. The Morgan fingerprint density at radius 2 is 1.89 bits per heavy atom. The lowest BCUT2D eigenvalue weighted by Gasteiger charge is -2.40. The van der Waals surface area contributed by atoms with Crippen LogP contribution in [0.3, 0.4) is 0 Å². The zero-order chi connectivity index (χ0) is 19.3. The zero-order valence-corrected chi connectivity index (χ0v) is 15.5. The first kappa shape index (κ1) is 17.4. The van der Waals surface area contributed by atoms with Crippen LogP contribution < -0.4 is 11.2 Å². The molecule has 0 bridgehead atoms. The lowest BCUT2D eigenvalue weighted by Crippen LogP contribution is -2.38. The molecule has 28 heavy (non-hydrogen) atoms. The third-order valence-electron chi connectivity index (χ3n) is 6.45. The Kier molecular flexibility index (Phi) is 4.16. The highest BCUT2D eigenvalue weighted by Crippen LogP contribution is 2.51. The molecule has 1 saturated carbocycles. The van der Waals surface area contributed by atoms with E-state index in [1.54, 1.807) is 36.4 Å². The average molecular weight is 379 g/mol. The third-order valence-corrected chi connectivity index (χ3v) is 6.45. The lowest BCUT2D eigenvalue weighted by molar-refractivity contribution is 0.190. The average Bonchev–Trinajstić information content (AvgIpc) is 2.98. The summed E-state index contributed by atoms with van der Waals surface area (Å²) in [4.78, 5) is 30.1. The molecule has 1 aliphatic heterocycles. The number of H-pyrrole nitrogens is 1. The Balaban J connectivity index is 1.29. The van der Waals surface area contributed by atoms with Gasteiger partial charge in [0.15, 0.2) is 0 Å². The van der Waals surface area contributed by atoms with Crippen molar-refractivity contribution in [1.82, 2.24) is 14.5 Å². The summed E-state index contributed by atoms with van der Waals surface area (Å²) in [5.41, 5.74) is 1.07. The molecule has 1 N–H and O–H groups in total. The maximum atomic E-state index is 13.5. The highest BCUT2D eigenvalue weighted by molar-refractivity contribution is 5.76. The minimum absolute atomic E-state index is 0.175. The second-order valence-corrected chi connectivity index (χ2v) is 8.01. The Labute approximate surface area is 161 Å². The third kappa shape index (κ3) is 2.88. The minimum Gasteiger partial charge on any atom is -0.307 e. The van der Waals surface area contributed by atoms with Gasteiger partial charge in [-0.1, -0.05) is 24.3 Å². The van der Waals surface area contributed by atoms with E-state index in [0.29, 0.717) is 41.7 Å². The van der Waals surface area contributed by atoms with Gasteiger partial charge in [-0.3, -0.25) is 9.36 Å². The molecule has 2 fully saturated rings. The second kappa shape index (κ2) is 6.71. The lowest BCUT2D eigenvalue weighted by atomic mass is 9.64. The van der Waals surface area contributed by atoms with Crippen LogP contribution in [0.1, 0.15) is 17.9 Å². The number of aromatic amines is 1. The van der Waals surface area contributed by atoms with Crippen molar-refractivity contribution < 1.29 is 4.39 Å². The molecule has 0 spiro atoms. The number of rotatable bonds is 4. The topological polar surface area (TPSA) is 58.1 Å². The molecule has 0 amide bonds. The summed E-state index contributed by atoms with van der Waals surface area (Å²) in [6, 6.07) is 14.0. The fraction of sp³-hybridized carbons (Fsp3) is 0.364. The number of likely N-dealkylation sites (tertiary alicyclic amines) is 1. The van der Waals surface area contributed by atoms with Crippen molar-refractivity contribution in [3.8, 4) is 0 Å². The monoisotopic (exact) mass is 379 g/mol. The summed E-state index contributed by atoms with van der Waals surface area (Å²) in [5, 5.41) is 0.537. The first-order chi connectivity index (χ1) is 13.6. The number of nitrogens with zero attached hydrogens (tertiary/aromatic N) is 2. The Hall–Kier alpha value is -2.73. The molecule has 144 valence electrons. The fourth-order valence-electron chi connectivity index (χ4n) is 4.95. The van der Waals surface area contributed by atoms with Crippen molar-refractivity contribution in [2.24, 2.45) is 11.8 Å². The molecule has 3 aromatic rings. The van der Waals surface area contributed by atoms with E-state index >= 15 is 0 Å². The molecule has 6 heteroatoms. The summed E-state index contributed by atoms with van der Waals surface area (Å²) >= 11 is 0. The number of aromatic nitrogens is 2. The van der Waals surface area contributed by atoms with Gasteiger partial charge in [0, 0.05) is 26.2 Å². The molecule has 1 aliphatic carbocycles. The largest absolute Gasteiger partial charge is 0.328 e. The molecule has 3 atom stereocenters. The van der Waals surface area contributed by atoms with Crippen LogP contribution in [0.5, 0.6) is 0 Å². The molecule has 2 aromatic carbocycles. The van der Waals surface area contributed by atoms with Gasteiger partial charge in [0.05, 0.1) is 10.9 Å². The van der Waals surface area contributed by atoms with Gasteiger partial charge in [0.25, 0.3) is 5.56 Å². The van der Waals surface area contributed by atoms with E-state index in [1.165, 1.54) is 10.6 Å². The van der Waals surface area contributed by atoms with Crippen LogP contribution in [-0.2, 0) is 6.54 Å². The molecular formula is C22H22FN3O2. The predicted molar refractivity (Wildman–Crippen MR) is 106 cm³/mol. The van der Waals surface area contributed by atoms with E-state index in [-0.39, 0.29) is 17.1 Å². The standard InChI is InChI=1S/C22H22FN3O2/c23-16-5-3-4-14(10-16)18-11-15-12-25(13-19(15)18)8-9-26-21(27)17-6-1-2-7-20(17)24-22(26)28/h1-7,10,15,18-19H,8-9,11-13H2,(H,24,28). The number of hydrogen-bond donors (Lipinski definition) is 1. The van der Waals surface area contributed by atoms with Gasteiger partial charge < -0.3 is 9.88 Å². The number of halogens is 1. The van der Waals surface area contributed by atoms with E-state index in [0.717, 1.165) is 25.1 Å². The van der Waals surface area contributed by atoms with Crippen molar-refractivity contribution >= 4 is 10.9 Å². The van der Waals surface area contributed by atoms with Crippen molar-refractivity contribution in [1.29, 1.82) is 0 Å². The Morgan fingerprint density at radius 3 is 2.75 bits per heavy atom. The van der Waals surface area contributed by atoms with Crippen LogP contribution in [0, 0.1) is 17.7 Å². The van der Waals surface area contributed by atoms with Crippen molar-refractivity contribution in [3.05, 3.63) is 80.7 Å². The molecule has 1 aromatic heterocycles. The summed E-state index contributed by atoms with van der Waals surface area (Å²) in [7, 11) is 0.